The van der Waals surface area contributed by atoms with Crippen molar-refractivity contribution in [2.75, 3.05) is 10.9 Å². The molecular weight excluding hydrogens is 422 g/mol. The predicted molar refractivity (Wildman–Crippen MR) is 128 cm³/mol. The maximum atomic E-state index is 13.4. The lowest BCUT2D eigenvalue weighted by atomic mass is 10.0. The third kappa shape index (κ3) is 5.37. The number of carbonyl (C=O) groups excluding carboxylic acids is 1. The summed E-state index contributed by atoms with van der Waals surface area (Å²) in [7, 11) is -4.11. The lowest BCUT2D eigenvalue weighted by molar-refractivity contribution is -0.119. The third-order valence-corrected chi connectivity index (χ3v) is 7.01. The topological polar surface area (TPSA) is 63.7 Å². The Kier molecular flexibility index (Phi) is 7.36. The quantitative estimate of drug-likeness (QED) is 0.455. The molecule has 168 valence electrons. The van der Waals surface area contributed by atoms with E-state index in [0.717, 1.165) is 27.4 Å². The summed E-state index contributed by atoms with van der Waals surface area (Å²) in [5.41, 5.74) is 3.35. The Morgan fingerprint density at radius 1 is 0.969 bits per heavy atom. The summed E-state index contributed by atoms with van der Waals surface area (Å²) in [5.74, 6) is 0.174. The highest BCUT2D eigenvalue weighted by molar-refractivity contribution is 7.93. The van der Waals surface area contributed by atoms with Gasteiger partial charge in [-0.15, -0.1) is 0 Å². The molecule has 0 saturated carbocycles. The van der Waals surface area contributed by atoms with Gasteiger partial charge in [0.25, 0.3) is 15.9 Å². The van der Waals surface area contributed by atoms with Crippen LogP contribution in [0.5, 0.6) is 5.75 Å². The predicted octanol–water partition coefficient (Wildman–Crippen LogP) is 5.48. The molecule has 0 aromatic heterocycles. The van der Waals surface area contributed by atoms with Crippen LogP contribution in [0, 0.1) is 6.92 Å². The van der Waals surface area contributed by atoms with Gasteiger partial charge in [0.05, 0.1) is 10.6 Å². The van der Waals surface area contributed by atoms with E-state index in [1.165, 1.54) is 12.1 Å². The van der Waals surface area contributed by atoms with Gasteiger partial charge in [-0.05, 0) is 66.8 Å². The summed E-state index contributed by atoms with van der Waals surface area (Å²) in [4.78, 5) is 13.3. The molecule has 0 fully saturated rings. The van der Waals surface area contributed by atoms with Gasteiger partial charge in [-0.25, -0.2) is 8.42 Å². The molecule has 32 heavy (non-hydrogen) atoms. The summed E-state index contributed by atoms with van der Waals surface area (Å²) >= 11 is 0. The molecule has 0 unspecified atom stereocenters. The van der Waals surface area contributed by atoms with Gasteiger partial charge < -0.3 is 4.74 Å². The molecule has 3 aromatic rings. The number of amides is 1. The number of carbonyl (C=O) groups is 1. The summed E-state index contributed by atoms with van der Waals surface area (Å²) in [6.45, 7) is 7.63. The minimum absolute atomic E-state index is 0.0535. The molecule has 0 bridgehead atoms. The van der Waals surface area contributed by atoms with Crippen LogP contribution in [0.1, 0.15) is 43.4 Å². The second-order valence-corrected chi connectivity index (χ2v) is 9.80. The third-order valence-electron chi connectivity index (χ3n) is 5.25. The zero-order valence-electron chi connectivity index (χ0n) is 18.9. The van der Waals surface area contributed by atoms with Crippen molar-refractivity contribution in [2.45, 2.75) is 44.9 Å². The van der Waals surface area contributed by atoms with Gasteiger partial charge in [0.1, 0.15) is 5.75 Å². The van der Waals surface area contributed by atoms with Crippen molar-refractivity contribution in [1.82, 2.24) is 0 Å². The molecule has 0 aliphatic carbocycles. The lowest BCUT2D eigenvalue weighted by Gasteiger charge is -2.23. The molecule has 0 aliphatic rings. The molecule has 6 heteroatoms. The average Bonchev–Trinajstić information content (AvgIpc) is 2.78. The number of rotatable bonds is 8. The van der Waals surface area contributed by atoms with Crippen LogP contribution < -0.4 is 9.04 Å². The normalized spacial score (nSPS) is 11.4. The van der Waals surface area contributed by atoms with Crippen LogP contribution in [0.15, 0.2) is 77.7 Å². The highest BCUT2D eigenvalue weighted by Gasteiger charge is 2.31. The zero-order chi connectivity index (χ0) is 23.3. The number of benzene rings is 3. The van der Waals surface area contributed by atoms with Crippen molar-refractivity contribution in [3.63, 3.8) is 0 Å². The standard InChI is InChI=1S/C26H29NO4S/c1-5-21-11-13-23(14-12-21)27(32(29,30)25-15-9-20(4)10-16-25)26(28)18-31-24-8-6-7-22(17-24)19(2)3/h6-17,19H,5,18H2,1-4H3. The van der Waals surface area contributed by atoms with E-state index in [-0.39, 0.29) is 10.6 Å². The molecule has 0 aliphatic heterocycles. The Labute approximate surface area is 190 Å². The van der Waals surface area contributed by atoms with E-state index < -0.39 is 22.5 Å². The van der Waals surface area contributed by atoms with Gasteiger partial charge in [0.2, 0.25) is 0 Å². The Morgan fingerprint density at radius 2 is 1.62 bits per heavy atom. The number of nitrogens with zero attached hydrogens (tertiary/aromatic N) is 1. The second-order valence-electron chi connectivity index (χ2n) is 8.01. The van der Waals surface area contributed by atoms with E-state index in [1.54, 1.807) is 30.3 Å². The molecule has 0 atom stereocenters. The number of ether oxygens (including phenoxy) is 1. The Bertz CT molecular complexity index is 1170. The van der Waals surface area contributed by atoms with Crippen LogP contribution in [0.2, 0.25) is 0 Å². The fourth-order valence-electron chi connectivity index (χ4n) is 3.27. The fraction of sp³-hybridized carbons (Fsp3) is 0.269. The molecule has 0 heterocycles. The van der Waals surface area contributed by atoms with Crippen LogP contribution in [-0.2, 0) is 21.2 Å². The second kappa shape index (κ2) is 10.0. The monoisotopic (exact) mass is 451 g/mol. The molecule has 3 rings (SSSR count). The van der Waals surface area contributed by atoms with Crippen LogP contribution in [0.25, 0.3) is 0 Å². The molecular formula is C26H29NO4S. The Hall–Kier alpha value is -3.12. The van der Waals surface area contributed by atoms with E-state index in [4.69, 9.17) is 4.74 Å². The Morgan fingerprint density at radius 3 is 2.22 bits per heavy atom. The van der Waals surface area contributed by atoms with Crippen LogP contribution in [0.4, 0.5) is 5.69 Å². The van der Waals surface area contributed by atoms with Crippen LogP contribution in [0.3, 0.4) is 0 Å². The SMILES string of the molecule is CCc1ccc(N(C(=O)COc2cccc(C(C)C)c2)S(=O)(=O)c2ccc(C)cc2)cc1. The van der Waals surface area contributed by atoms with Crippen LogP contribution >= 0.6 is 0 Å². The van der Waals surface area contributed by atoms with Crippen molar-refractivity contribution in [3.8, 4) is 5.75 Å². The van der Waals surface area contributed by atoms with Crippen molar-refractivity contribution < 1.29 is 17.9 Å². The van der Waals surface area contributed by atoms with Crippen molar-refractivity contribution in [1.29, 1.82) is 0 Å². The maximum absolute atomic E-state index is 13.4. The first-order valence-corrected chi connectivity index (χ1v) is 12.1. The number of hydrogen-bond donors (Lipinski definition) is 0. The summed E-state index contributed by atoms with van der Waals surface area (Å²) in [6, 6.07) is 20.9. The van der Waals surface area contributed by atoms with Crippen molar-refractivity contribution >= 4 is 21.6 Å². The lowest BCUT2D eigenvalue weighted by Crippen LogP contribution is -2.40. The highest BCUT2D eigenvalue weighted by atomic mass is 32.2. The first kappa shape index (κ1) is 23.5. The first-order valence-electron chi connectivity index (χ1n) is 10.7. The van der Waals surface area contributed by atoms with Gasteiger partial charge >= 0.3 is 0 Å². The number of hydrogen-bond acceptors (Lipinski definition) is 4. The number of aryl methyl sites for hydroxylation is 2. The number of anilines is 1. The molecule has 0 saturated heterocycles. The Balaban J connectivity index is 1.93. The summed E-state index contributed by atoms with van der Waals surface area (Å²) < 4.78 is 33.4. The maximum Gasteiger partial charge on any atom is 0.278 e. The van der Waals surface area contributed by atoms with Crippen LogP contribution in [-0.4, -0.2) is 20.9 Å². The summed E-state index contributed by atoms with van der Waals surface area (Å²) in [6.07, 6.45) is 0.814. The van der Waals surface area contributed by atoms with Gasteiger partial charge in [-0.3, -0.25) is 4.79 Å². The first-order chi connectivity index (χ1) is 15.2. The molecule has 5 nitrogen and oxygen atoms in total. The average molecular weight is 452 g/mol. The van der Waals surface area contributed by atoms with Gasteiger partial charge in [-0.1, -0.05) is 62.7 Å². The molecule has 1 amide bonds. The van der Waals surface area contributed by atoms with Gasteiger partial charge in [0, 0.05) is 0 Å². The minimum Gasteiger partial charge on any atom is -0.484 e. The van der Waals surface area contributed by atoms with E-state index in [2.05, 4.69) is 13.8 Å². The van der Waals surface area contributed by atoms with E-state index in [1.807, 2.05) is 44.2 Å². The zero-order valence-corrected chi connectivity index (χ0v) is 19.7. The smallest absolute Gasteiger partial charge is 0.278 e. The van der Waals surface area contributed by atoms with Gasteiger partial charge in [-0.2, -0.15) is 4.31 Å². The van der Waals surface area contributed by atoms with Crippen molar-refractivity contribution in [2.24, 2.45) is 0 Å². The van der Waals surface area contributed by atoms with E-state index in [0.29, 0.717) is 11.7 Å². The number of sulfonamides is 1. The summed E-state index contributed by atoms with van der Waals surface area (Å²) in [5, 5.41) is 0. The van der Waals surface area contributed by atoms with E-state index in [9.17, 15) is 13.2 Å². The van der Waals surface area contributed by atoms with Crippen molar-refractivity contribution in [3.05, 3.63) is 89.5 Å². The largest absolute Gasteiger partial charge is 0.484 e. The highest BCUT2D eigenvalue weighted by Crippen LogP contribution is 2.26. The molecule has 0 spiro atoms. The molecule has 0 N–H and O–H groups in total. The molecule has 0 radical (unpaired) electrons. The molecule has 3 aromatic carbocycles. The minimum atomic E-state index is -4.11. The van der Waals surface area contributed by atoms with E-state index >= 15 is 0 Å². The van der Waals surface area contributed by atoms with Gasteiger partial charge in [0.15, 0.2) is 6.61 Å². The fourth-order valence-corrected chi connectivity index (χ4v) is 4.68.